The maximum absolute atomic E-state index is 12.4. The van der Waals surface area contributed by atoms with Gasteiger partial charge in [0.25, 0.3) is 10.1 Å². The van der Waals surface area contributed by atoms with Crippen molar-refractivity contribution in [3.63, 3.8) is 0 Å². The van der Waals surface area contributed by atoms with Crippen LogP contribution < -0.4 is 5.32 Å². The van der Waals surface area contributed by atoms with Crippen LogP contribution in [-0.2, 0) is 14.9 Å². The number of amides is 1. The molecule has 0 saturated carbocycles. The van der Waals surface area contributed by atoms with E-state index in [2.05, 4.69) is 55.6 Å². The number of hydrogen-bond acceptors (Lipinski definition) is 4. The third kappa shape index (κ3) is 35.4. The first kappa shape index (κ1) is 45.3. The van der Waals surface area contributed by atoms with Crippen molar-refractivity contribution in [2.24, 2.45) is 0 Å². The Kier molecular flexibility index (Phi) is 32.9. The summed E-state index contributed by atoms with van der Waals surface area (Å²) in [6.45, 7) is 4.49. The molecule has 3 N–H and O–H groups in total. The van der Waals surface area contributed by atoms with Crippen molar-refractivity contribution in [1.29, 1.82) is 0 Å². The largest absolute Gasteiger partial charge is 0.387 e. The predicted molar refractivity (Wildman–Crippen MR) is 202 cm³/mol. The molecule has 2 unspecified atom stereocenters. The highest BCUT2D eigenvalue weighted by Gasteiger charge is 2.24. The predicted octanol–water partition coefficient (Wildman–Crippen LogP) is 11.1. The molecule has 0 aromatic heterocycles. The molecule has 0 aliphatic carbocycles. The fraction of sp³-hybridized carbons (Fsp3) is 0.775. The lowest BCUT2D eigenvalue weighted by Gasteiger charge is -2.21. The van der Waals surface area contributed by atoms with Gasteiger partial charge < -0.3 is 10.4 Å². The molecule has 274 valence electrons. The van der Waals surface area contributed by atoms with Crippen LogP contribution in [0.3, 0.4) is 0 Å². The zero-order chi connectivity index (χ0) is 34.7. The van der Waals surface area contributed by atoms with Crippen LogP contribution in [0.4, 0.5) is 0 Å². The second-order valence-corrected chi connectivity index (χ2v) is 14.7. The molecule has 0 rings (SSSR count). The van der Waals surface area contributed by atoms with Crippen molar-refractivity contribution in [1.82, 2.24) is 5.32 Å². The third-order valence-electron chi connectivity index (χ3n) is 8.46. The van der Waals surface area contributed by atoms with Gasteiger partial charge in [-0.2, -0.15) is 8.42 Å². The van der Waals surface area contributed by atoms with Crippen molar-refractivity contribution in [2.75, 3.05) is 5.75 Å². The van der Waals surface area contributed by atoms with E-state index in [1.807, 2.05) is 0 Å². The van der Waals surface area contributed by atoms with E-state index in [1.54, 1.807) is 6.08 Å². The van der Waals surface area contributed by atoms with Gasteiger partial charge in [0.1, 0.15) is 0 Å². The Morgan fingerprint density at radius 2 is 0.915 bits per heavy atom. The lowest BCUT2D eigenvalue weighted by Crippen LogP contribution is -2.46. The molecule has 0 bridgehead atoms. The van der Waals surface area contributed by atoms with Crippen molar-refractivity contribution in [3.8, 4) is 0 Å². The first-order valence-electron chi connectivity index (χ1n) is 19.3. The number of unbranched alkanes of at least 4 members (excludes halogenated alkanes) is 20. The van der Waals surface area contributed by atoms with Gasteiger partial charge in [-0.1, -0.05) is 152 Å². The summed E-state index contributed by atoms with van der Waals surface area (Å²) in [6, 6.07) is -1.08. The molecule has 1 amide bonds. The van der Waals surface area contributed by atoms with Crippen molar-refractivity contribution < 1.29 is 22.9 Å². The van der Waals surface area contributed by atoms with E-state index in [4.69, 9.17) is 0 Å². The number of aliphatic hydroxyl groups is 1. The Hall–Kier alpha value is -1.70. The maximum Gasteiger partial charge on any atom is 0.267 e. The summed E-state index contributed by atoms with van der Waals surface area (Å²) in [6.07, 6.45) is 45.2. The van der Waals surface area contributed by atoms with E-state index in [9.17, 15) is 22.9 Å². The number of aliphatic hydroxyl groups excluding tert-OH is 1. The summed E-state index contributed by atoms with van der Waals surface area (Å²) in [4.78, 5) is 12.4. The monoisotopic (exact) mass is 680 g/mol. The van der Waals surface area contributed by atoms with Crippen LogP contribution in [0.2, 0.25) is 0 Å². The summed E-state index contributed by atoms with van der Waals surface area (Å²) in [7, 11) is -4.36. The van der Waals surface area contributed by atoms with Gasteiger partial charge in [-0.3, -0.25) is 9.35 Å². The van der Waals surface area contributed by atoms with E-state index in [-0.39, 0.29) is 12.3 Å². The Morgan fingerprint density at radius 1 is 0.553 bits per heavy atom. The second kappa shape index (κ2) is 34.2. The molecule has 0 saturated heterocycles. The molecule has 2 atom stereocenters. The fourth-order valence-electron chi connectivity index (χ4n) is 5.53. The van der Waals surface area contributed by atoms with E-state index < -0.39 is 28.0 Å². The van der Waals surface area contributed by atoms with Crippen LogP contribution in [0, 0.1) is 0 Å². The molecule has 0 aromatic rings. The van der Waals surface area contributed by atoms with Gasteiger partial charge >= 0.3 is 0 Å². The molecule has 0 aliphatic heterocycles. The maximum atomic E-state index is 12.4. The average Bonchev–Trinajstić information content (AvgIpc) is 3.03. The van der Waals surface area contributed by atoms with Gasteiger partial charge in [0, 0.05) is 6.42 Å². The molecule has 0 radical (unpaired) electrons. The van der Waals surface area contributed by atoms with Crippen LogP contribution in [-0.4, -0.2) is 41.9 Å². The zero-order valence-corrected chi connectivity index (χ0v) is 31.2. The molecule has 0 aliphatic rings. The lowest BCUT2D eigenvalue weighted by molar-refractivity contribution is -0.122. The standard InChI is InChI=1S/C40H73NO5S/c1-3-5-7-9-11-13-15-17-18-19-20-21-22-24-25-27-29-31-33-35-39(42)38(37-47(44,45)46)41-40(43)36-34-32-30-28-26-23-16-14-12-10-8-6-4-2/h14,16,20-21,25,27,33,35,38-39,42H,3-13,15,17-19,22-24,26,28-32,34,36-37H2,1-2H3,(H,41,43)(H,44,45,46)/b16-14-,21-20+,27-25+,35-33+. The van der Waals surface area contributed by atoms with Gasteiger partial charge in [-0.25, -0.2) is 0 Å². The van der Waals surface area contributed by atoms with Crippen LogP contribution >= 0.6 is 0 Å². The van der Waals surface area contributed by atoms with E-state index in [0.29, 0.717) is 12.8 Å². The number of hydrogen-bond donors (Lipinski definition) is 3. The number of carbonyl (C=O) groups excluding carboxylic acids is 1. The number of allylic oxidation sites excluding steroid dienone is 7. The SMILES string of the molecule is CCCCCC/C=C\CCCCCCCC(=O)NC(CS(=O)(=O)O)C(O)/C=C/CC/C=C/CC/C=C/CCCCCCCCCCC. The minimum absolute atomic E-state index is 0.273. The van der Waals surface area contributed by atoms with Crippen LogP contribution in [0.15, 0.2) is 48.6 Å². The quantitative estimate of drug-likeness (QED) is 0.0357. The van der Waals surface area contributed by atoms with Crippen molar-refractivity contribution in [3.05, 3.63) is 48.6 Å². The van der Waals surface area contributed by atoms with Gasteiger partial charge in [0.05, 0.1) is 17.9 Å². The first-order valence-corrected chi connectivity index (χ1v) is 20.9. The van der Waals surface area contributed by atoms with Gasteiger partial charge in [-0.05, 0) is 70.6 Å². The minimum Gasteiger partial charge on any atom is -0.387 e. The molecular weight excluding hydrogens is 607 g/mol. The lowest BCUT2D eigenvalue weighted by atomic mass is 10.1. The molecule has 0 spiro atoms. The number of nitrogens with one attached hydrogen (secondary N) is 1. The third-order valence-corrected chi connectivity index (χ3v) is 9.24. The smallest absolute Gasteiger partial charge is 0.267 e. The van der Waals surface area contributed by atoms with E-state index >= 15 is 0 Å². The zero-order valence-electron chi connectivity index (χ0n) is 30.4. The molecule has 47 heavy (non-hydrogen) atoms. The second-order valence-electron chi connectivity index (χ2n) is 13.2. The normalized spacial score (nSPS) is 13.9. The molecule has 0 fully saturated rings. The van der Waals surface area contributed by atoms with Gasteiger partial charge in [0.15, 0.2) is 0 Å². The van der Waals surface area contributed by atoms with Crippen LogP contribution in [0.1, 0.15) is 181 Å². The summed E-state index contributed by atoms with van der Waals surface area (Å²) in [5.74, 6) is -1.02. The summed E-state index contributed by atoms with van der Waals surface area (Å²) in [5.41, 5.74) is 0. The highest BCUT2D eigenvalue weighted by molar-refractivity contribution is 7.85. The Balaban J connectivity index is 4.06. The van der Waals surface area contributed by atoms with E-state index in [0.717, 1.165) is 51.4 Å². The van der Waals surface area contributed by atoms with Crippen LogP contribution in [0.25, 0.3) is 0 Å². The number of rotatable bonds is 34. The highest BCUT2D eigenvalue weighted by atomic mass is 32.2. The Bertz CT molecular complexity index is 925. The molecule has 0 heterocycles. The summed E-state index contributed by atoms with van der Waals surface area (Å²) in [5, 5.41) is 13.2. The van der Waals surface area contributed by atoms with Gasteiger partial charge in [0.2, 0.25) is 5.91 Å². The molecule has 6 nitrogen and oxygen atoms in total. The number of carbonyl (C=O) groups is 1. The fourth-order valence-corrected chi connectivity index (χ4v) is 6.27. The van der Waals surface area contributed by atoms with Crippen molar-refractivity contribution >= 4 is 16.0 Å². The summed E-state index contributed by atoms with van der Waals surface area (Å²) >= 11 is 0. The summed E-state index contributed by atoms with van der Waals surface area (Å²) < 4.78 is 32.4. The molecule has 7 heteroatoms. The van der Waals surface area contributed by atoms with E-state index in [1.165, 1.54) is 102 Å². The Labute approximate surface area is 290 Å². The van der Waals surface area contributed by atoms with Gasteiger partial charge in [-0.15, -0.1) is 0 Å². The minimum atomic E-state index is -4.36. The first-order chi connectivity index (χ1) is 22.8. The van der Waals surface area contributed by atoms with Crippen LogP contribution in [0.5, 0.6) is 0 Å². The highest BCUT2D eigenvalue weighted by Crippen LogP contribution is 2.12. The van der Waals surface area contributed by atoms with Crippen molar-refractivity contribution in [2.45, 2.75) is 193 Å². The molecular formula is C40H73NO5S. The molecule has 0 aromatic carbocycles. The topological polar surface area (TPSA) is 104 Å². The average molecular weight is 680 g/mol. The Morgan fingerprint density at radius 3 is 1.36 bits per heavy atom.